The maximum Gasteiger partial charge on any atom is 0.176 e. The number of hydrogen-bond acceptors (Lipinski definition) is 4. The summed E-state index contributed by atoms with van der Waals surface area (Å²) in [7, 11) is 0. The van der Waals surface area contributed by atoms with Crippen molar-refractivity contribution in [2.75, 3.05) is 32.8 Å². The Morgan fingerprint density at radius 3 is 3.15 bits per heavy atom. The van der Waals surface area contributed by atoms with Crippen LogP contribution in [-0.4, -0.2) is 49.6 Å². The van der Waals surface area contributed by atoms with Gasteiger partial charge in [-0.05, 0) is 30.2 Å². The summed E-state index contributed by atoms with van der Waals surface area (Å²) in [5, 5.41) is 0. The maximum atomic E-state index is 12.4. The van der Waals surface area contributed by atoms with Crippen LogP contribution >= 0.6 is 0 Å². The molecule has 1 saturated heterocycles. The first-order chi connectivity index (χ1) is 9.76. The van der Waals surface area contributed by atoms with E-state index in [4.69, 9.17) is 9.47 Å². The third-order valence-corrected chi connectivity index (χ3v) is 4.06. The number of ketones is 1. The fraction of sp³-hybridized carbons (Fsp3) is 0.562. The van der Waals surface area contributed by atoms with Gasteiger partial charge in [-0.15, -0.1) is 0 Å². The van der Waals surface area contributed by atoms with Gasteiger partial charge >= 0.3 is 0 Å². The van der Waals surface area contributed by atoms with Gasteiger partial charge in [0.2, 0.25) is 0 Å². The molecule has 1 unspecified atom stereocenters. The number of carbonyl (C=O) groups is 1. The zero-order valence-electron chi connectivity index (χ0n) is 11.9. The topological polar surface area (TPSA) is 38.8 Å². The van der Waals surface area contributed by atoms with E-state index in [2.05, 4.69) is 11.8 Å². The van der Waals surface area contributed by atoms with Gasteiger partial charge in [-0.25, -0.2) is 0 Å². The van der Waals surface area contributed by atoms with Crippen molar-refractivity contribution in [2.24, 2.45) is 0 Å². The lowest BCUT2D eigenvalue weighted by atomic mass is 10.0. The van der Waals surface area contributed by atoms with Gasteiger partial charge in [-0.1, -0.05) is 6.92 Å². The van der Waals surface area contributed by atoms with E-state index in [1.54, 1.807) is 0 Å². The molecule has 1 aromatic carbocycles. The van der Waals surface area contributed by atoms with Gasteiger partial charge in [-0.3, -0.25) is 9.69 Å². The molecule has 4 heteroatoms. The lowest BCUT2D eigenvalue weighted by Crippen LogP contribution is -2.44. The average molecular weight is 275 g/mol. The summed E-state index contributed by atoms with van der Waals surface area (Å²) < 4.78 is 11.1. The van der Waals surface area contributed by atoms with E-state index in [-0.39, 0.29) is 11.9 Å². The minimum absolute atomic E-state index is 0.191. The predicted octanol–water partition coefficient (Wildman–Crippen LogP) is 1.92. The third-order valence-electron chi connectivity index (χ3n) is 4.06. The first-order valence-electron chi connectivity index (χ1n) is 7.39. The Hall–Kier alpha value is -1.39. The molecular weight excluding hydrogens is 254 g/mol. The number of ether oxygens (including phenoxy) is 2. The van der Waals surface area contributed by atoms with E-state index in [1.165, 1.54) is 0 Å². The molecule has 0 aliphatic carbocycles. The Kier molecular flexibility index (Phi) is 4.03. The molecule has 2 heterocycles. The molecule has 0 saturated carbocycles. The molecule has 4 nitrogen and oxygen atoms in total. The number of hydrogen-bond donors (Lipinski definition) is 0. The standard InChI is InChI=1S/C16H21NO3/c1-2-14-10-17(6-8-19-14)11-15(18)12-3-4-16-13(9-12)5-7-20-16/h3-4,9,14H,2,5-8,10-11H2,1H3. The van der Waals surface area contributed by atoms with E-state index < -0.39 is 0 Å². The zero-order valence-corrected chi connectivity index (χ0v) is 11.9. The zero-order chi connectivity index (χ0) is 13.9. The largest absolute Gasteiger partial charge is 0.493 e. The van der Waals surface area contributed by atoms with Crippen LogP contribution in [0.25, 0.3) is 0 Å². The summed E-state index contributed by atoms with van der Waals surface area (Å²) in [6.07, 6.45) is 2.18. The van der Waals surface area contributed by atoms with Crippen LogP contribution in [0.2, 0.25) is 0 Å². The van der Waals surface area contributed by atoms with Crippen LogP contribution in [-0.2, 0) is 11.2 Å². The van der Waals surface area contributed by atoms with Gasteiger partial charge in [0, 0.05) is 25.1 Å². The number of rotatable bonds is 4. The first-order valence-corrected chi connectivity index (χ1v) is 7.39. The van der Waals surface area contributed by atoms with Crippen LogP contribution in [0.15, 0.2) is 18.2 Å². The number of fused-ring (bicyclic) bond motifs is 1. The van der Waals surface area contributed by atoms with Crippen LogP contribution in [0.3, 0.4) is 0 Å². The smallest absolute Gasteiger partial charge is 0.176 e. The highest BCUT2D eigenvalue weighted by Gasteiger charge is 2.22. The molecule has 0 aromatic heterocycles. The molecule has 2 aliphatic heterocycles. The highest BCUT2D eigenvalue weighted by atomic mass is 16.5. The van der Waals surface area contributed by atoms with Crippen LogP contribution in [0.5, 0.6) is 5.75 Å². The molecule has 0 N–H and O–H groups in total. The Balaban J connectivity index is 1.64. The molecule has 0 bridgehead atoms. The van der Waals surface area contributed by atoms with Crippen molar-refractivity contribution in [1.29, 1.82) is 0 Å². The molecular formula is C16H21NO3. The summed E-state index contributed by atoms with van der Waals surface area (Å²) in [5.41, 5.74) is 1.96. The SMILES string of the molecule is CCC1CN(CC(=O)c2ccc3c(c2)CCO3)CCO1. The molecule has 1 aromatic rings. The molecule has 3 rings (SSSR count). The van der Waals surface area contributed by atoms with Crippen molar-refractivity contribution in [3.63, 3.8) is 0 Å². The minimum atomic E-state index is 0.191. The summed E-state index contributed by atoms with van der Waals surface area (Å²) in [6.45, 7) is 5.76. The number of Topliss-reactive ketones (excluding diaryl/α,β-unsaturated/α-hetero) is 1. The van der Waals surface area contributed by atoms with E-state index >= 15 is 0 Å². The second kappa shape index (κ2) is 5.94. The van der Waals surface area contributed by atoms with E-state index in [0.717, 1.165) is 56.0 Å². The van der Waals surface area contributed by atoms with Crippen molar-refractivity contribution in [1.82, 2.24) is 4.90 Å². The van der Waals surface area contributed by atoms with Crippen molar-refractivity contribution in [3.05, 3.63) is 29.3 Å². The second-order valence-electron chi connectivity index (χ2n) is 5.48. The molecule has 108 valence electrons. The molecule has 20 heavy (non-hydrogen) atoms. The Labute approximate surface area is 119 Å². The van der Waals surface area contributed by atoms with Crippen LogP contribution in [0, 0.1) is 0 Å². The van der Waals surface area contributed by atoms with Crippen LogP contribution in [0.4, 0.5) is 0 Å². The fourth-order valence-electron chi connectivity index (χ4n) is 2.83. The van der Waals surface area contributed by atoms with Gasteiger partial charge in [-0.2, -0.15) is 0 Å². The van der Waals surface area contributed by atoms with Crippen molar-refractivity contribution >= 4 is 5.78 Å². The lowest BCUT2D eigenvalue weighted by molar-refractivity contribution is -0.0271. The summed E-state index contributed by atoms with van der Waals surface area (Å²) in [6, 6.07) is 5.79. The molecule has 0 radical (unpaired) electrons. The molecule has 0 spiro atoms. The van der Waals surface area contributed by atoms with E-state index in [9.17, 15) is 4.79 Å². The van der Waals surface area contributed by atoms with Gasteiger partial charge in [0.15, 0.2) is 5.78 Å². The average Bonchev–Trinajstić information content (AvgIpc) is 2.94. The summed E-state index contributed by atoms with van der Waals surface area (Å²) in [5.74, 6) is 1.12. The van der Waals surface area contributed by atoms with E-state index in [0.29, 0.717) is 6.54 Å². The lowest BCUT2D eigenvalue weighted by Gasteiger charge is -2.31. The number of morpholine rings is 1. The Morgan fingerprint density at radius 1 is 1.40 bits per heavy atom. The van der Waals surface area contributed by atoms with E-state index in [1.807, 2.05) is 18.2 Å². The maximum absolute atomic E-state index is 12.4. The van der Waals surface area contributed by atoms with Crippen molar-refractivity contribution in [2.45, 2.75) is 25.9 Å². The molecule has 0 amide bonds. The van der Waals surface area contributed by atoms with Gasteiger partial charge in [0.1, 0.15) is 5.75 Å². The summed E-state index contributed by atoms with van der Waals surface area (Å²) >= 11 is 0. The highest BCUT2D eigenvalue weighted by molar-refractivity contribution is 5.98. The second-order valence-corrected chi connectivity index (χ2v) is 5.48. The fourth-order valence-corrected chi connectivity index (χ4v) is 2.83. The monoisotopic (exact) mass is 275 g/mol. The molecule has 1 fully saturated rings. The Bertz CT molecular complexity index is 500. The number of carbonyl (C=O) groups excluding carboxylic acids is 1. The highest BCUT2D eigenvalue weighted by Crippen LogP contribution is 2.26. The normalized spacial score (nSPS) is 22.4. The predicted molar refractivity (Wildman–Crippen MR) is 76.4 cm³/mol. The van der Waals surface area contributed by atoms with Gasteiger partial charge < -0.3 is 9.47 Å². The first kappa shape index (κ1) is 13.6. The quantitative estimate of drug-likeness (QED) is 0.787. The molecule has 2 aliphatic rings. The van der Waals surface area contributed by atoms with Crippen molar-refractivity contribution < 1.29 is 14.3 Å². The Morgan fingerprint density at radius 2 is 2.30 bits per heavy atom. The minimum Gasteiger partial charge on any atom is -0.493 e. The number of nitrogens with zero attached hydrogens (tertiary/aromatic N) is 1. The van der Waals surface area contributed by atoms with Crippen LogP contribution < -0.4 is 4.74 Å². The van der Waals surface area contributed by atoms with Crippen LogP contribution in [0.1, 0.15) is 29.3 Å². The summed E-state index contributed by atoms with van der Waals surface area (Å²) in [4.78, 5) is 14.6. The number of benzene rings is 1. The van der Waals surface area contributed by atoms with Gasteiger partial charge in [0.05, 0.1) is 25.9 Å². The van der Waals surface area contributed by atoms with Gasteiger partial charge in [0.25, 0.3) is 0 Å². The molecule has 1 atom stereocenters. The third kappa shape index (κ3) is 2.86. The van der Waals surface area contributed by atoms with Crippen molar-refractivity contribution in [3.8, 4) is 5.75 Å².